The zero-order valence-electron chi connectivity index (χ0n) is 8.01. The summed E-state index contributed by atoms with van der Waals surface area (Å²) in [5.41, 5.74) is 1.14. The van der Waals surface area contributed by atoms with E-state index < -0.39 is 0 Å². The molecular weight excluding hydrogens is 166 g/mol. The fraction of sp³-hybridized carbons (Fsp3) is 0.778. The molecule has 3 atom stereocenters. The van der Waals surface area contributed by atoms with Crippen molar-refractivity contribution in [2.45, 2.75) is 31.8 Å². The Hall–Kier alpha value is -0.900. The minimum Gasteiger partial charge on any atom is -0.393 e. The fourth-order valence-electron chi connectivity index (χ4n) is 2.19. The number of aliphatic hydroxyl groups excluding tert-OH is 1. The molecule has 1 aliphatic carbocycles. The molecule has 0 spiro atoms. The van der Waals surface area contributed by atoms with Crippen molar-refractivity contribution in [1.82, 2.24) is 15.0 Å². The molecule has 2 rings (SSSR count). The molecular formula is C9H15N3O. The number of aromatic nitrogens is 3. The molecule has 4 nitrogen and oxygen atoms in total. The van der Waals surface area contributed by atoms with Crippen molar-refractivity contribution in [2.75, 3.05) is 0 Å². The van der Waals surface area contributed by atoms with Gasteiger partial charge in [-0.25, -0.2) is 0 Å². The van der Waals surface area contributed by atoms with Crippen LogP contribution in [0.5, 0.6) is 0 Å². The van der Waals surface area contributed by atoms with Crippen LogP contribution in [0.4, 0.5) is 0 Å². The summed E-state index contributed by atoms with van der Waals surface area (Å²) in [6.07, 6.45) is 3.60. The lowest BCUT2D eigenvalue weighted by Crippen LogP contribution is -2.16. The third-order valence-electron chi connectivity index (χ3n) is 3.14. The second-order valence-corrected chi connectivity index (χ2v) is 3.89. The van der Waals surface area contributed by atoms with E-state index in [1.165, 1.54) is 0 Å². The van der Waals surface area contributed by atoms with Crippen molar-refractivity contribution < 1.29 is 5.11 Å². The number of nitrogens with zero attached hydrogens (tertiary/aromatic N) is 3. The van der Waals surface area contributed by atoms with E-state index in [0.29, 0.717) is 11.8 Å². The first kappa shape index (κ1) is 8.69. The summed E-state index contributed by atoms with van der Waals surface area (Å²) < 4.78 is 1.80. The molecule has 0 aromatic carbocycles. The number of rotatable bonds is 1. The monoisotopic (exact) mass is 181 g/mol. The van der Waals surface area contributed by atoms with Crippen LogP contribution in [0.1, 0.15) is 31.4 Å². The van der Waals surface area contributed by atoms with Crippen molar-refractivity contribution in [2.24, 2.45) is 13.0 Å². The molecule has 3 unspecified atom stereocenters. The van der Waals surface area contributed by atoms with Crippen molar-refractivity contribution >= 4 is 0 Å². The molecule has 0 saturated heterocycles. The predicted molar refractivity (Wildman–Crippen MR) is 48.1 cm³/mol. The average molecular weight is 181 g/mol. The number of aryl methyl sites for hydroxylation is 1. The van der Waals surface area contributed by atoms with Gasteiger partial charge in [0.2, 0.25) is 0 Å². The lowest BCUT2D eigenvalue weighted by atomic mass is 9.94. The van der Waals surface area contributed by atoms with Crippen LogP contribution in [0.2, 0.25) is 0 Å². The molecule has 0 radical (unpaired) electrons. The van der Waals surface area contributed by atoms with Crippen LogP contribution in [0.3, 0.4) is 0 Å². The second kappa shape index (κ2) is 3.10. The fourth-order valence-corrected chi connectivity index (χ4v) is 2.19. The highest BCUT2D eigenvalue weighted by molar-refractivity contribution is 5.08. The van der Waals surface area contributed by atoms with Crippen LogP contribution in [-0.2, 0) is 7.05 Å². The van der Waals surface area contributed by atoms with E-state index in [0.717, 1.165) is 18.5 Å². The largest absolute Gasteiger partial charge is 0.393 e. The summed E-state index contributed by atoms with van der Waals surface area (Å²) >= 11 is 0. The van der Waals surface area contributed by atoms with Gasteiger partial charge in [0.1, 0.15) is 0 Å². The average Bonchev–Trinajstić information content (AvgIpc) is 2.62. The van der Waals surface area contributed by atoms with Crippen LogP contribution in [0.15, 0.2) is 6.20 Å². The summed E-state index contributed by atoms with van der Waals surface area (Å²) in [6.45, 7) is 2.09. The molecule has 1 aromatic heterocycles. The molecule has 1 aliphatic rings. The minimum atomic E-state index is -0.153. The van der Waals surface area contributed by atoms with Gasteiger partial charge in [-0.1, -0.05) is 12.1 Å². The molecule has 4 heteroatoms. The summed E-state index contributed by atoms with van der Waals surface area (Å²) in [4.78, 5) is 0. The SMILES string of the molecule is CC1C(O)CCC1c1cnnn1C. The first-order chi connectivity index (χ1) is 6.20. The van der Waals surface area contributed by atoms with Gasteiger partial charge in [-0.2, -0.15) is 0 Å². The van der Waals surface area contributed by atoms with E-state index in [-0.39, 0.29) is 6.10 Å². The first-order valence-electron chi connectivity index (χ1n) is 4.73. The van der Waals surface area contributed by atoms with Crippen molar-refractivity contribution in [1.29, 1.82) is 0 Å². The maximum absolute atomic E-state index is 9.61. The van der Waals surface area contributed by atoms with Crippen LogP contribution >= 0.6 is 0 Å². The summed E-state index contributed by atoms with van der Waals surface area (Å²) in [5, 5.41) is 17.4. The first-order valence-corrected chi connectivity index (χ1v) is 4.73. The molecule has 1 saturated carbocycles. The smallest absolute Gasteiger partial charge is 0.0728 e. The van der Waals surface area contributed by atoms with E-state index in [1.807, 2.05) is 7.05 Å². The van der Waals surface area contributed by atoms with Crippen molar-refractivity contribution in [3.05, 3.63) is 11.9 Å². The highest BCUT2D eigenvalue weighted by atomic mass is 16.3. The molecule has 0 bridgehead atoms. The minimum absolute atomic E-state index is 0.153. The quantitative estimate of drug-likeness (QED) is 0.693. The van der Waals surface area contributed by atoms with E-state index in [4.69, 9.17) is 0 Å². The van der Waals surface area contributed by atoms with E-state index in [1.54, 1.807) is 10.9 Å². The summed E-state index contributed by atoms with van der Waals surface area (Å²) in [6, 6.07) is 0. The standard InChI is InChI=1S/C9H15N3O/c1-6-7(3-4-9(6)13)8-5-10-11-12(8)2/h5-7,9,13H,3-4H2,1-2H3. The third kappa shape index (κ3) is 1.35. The van der Waals surface area contributed by atoms with Gasteiger partial charge >= 0.3 is 0 Å². The molecule has 0 aliphatic heterocycles. The Morgan fingerprint density at radius 2 is 2.31 bits per heavy atom. The van der Waals surface area contributed by atoms with Gasteiger partial charge in [-0.3, -0.25) is 4.68 Å². The Balaban J connectivity index is 2.23. The van der Waals surface area contributed by atoms with Crippen LogP contribution in [0.25, 0.3) is 0 Å². The number of hydrogen-bond acceptors (Lipinski definition) is 3. The van der Waals surface area contributed by atoms with E-state index in [2.05, 4.69) is 17.2 Å². The Bertz CT molecular complexity index is 297. The molecule has 1 fully saturated rings. The van der Waals surface area contributed by atoms with Gasteiger partial charge in [0.25, 0.3) is 0 Å². The van der Waals surface area contributed by atoms with Gasteiger partial charge in [0.15, 0.2) is 0 Å². The van der Waals surface area contributed by atoms with Gasteiger partial charge in [-0.15, -0.1) is 5.10 Å². The molecule has 1 N–H and O–H groups in total. The highest BCUT2D eigenvalue weighted by Gasteiger charge is 2.34. The number of aliphatic hydroxyl groups is 1. The van der Waals surface area contributed by atoms with Crippen LogP contribution < -0.4 is 0 Å². The highest BCUT2D eigenvalue weighted by Crippen LogP contribution is 2.38. The third-order valence-corrected chi connectivity index (χ3v) is 3.14. The number of hydrogen-bond donors (Lipinski definition) is 1. The molecule has 1 aromatic rings. The molecule has 1 heterocycles. The maximum Gasteiger partial charge on any atom is 0.0728 e. The summed E-state index contributed by atoms with van der Waals surface area (Å²) in [7, 11) is 1.90. The van der Waals surface area contributed by atoms with E-state index >= 15 is 0 Å². The van der Waals surface area contributed by atoms with Gasteiger partial charge in [-0.05, 0) is 18.8 Å². The van der Waals surface area contributed by atoms with Gasteiger partial charge in [0.05, 0.1) is 18.0 Å². The maximum atomic E-state index is 9.61. The topological polar surface area (TPSA) is 50.9 Å². The zero-order valence-corrected chi connectivity index (χ0v) is 8.01. The Kier molecular flexibility index (Phi) is 2.07. The lowest BCUT2D eigenvalue weighted by molar-refractivity contribution is 0.136. The van der Waals surface area contributed by atoms with Crippen molar-refractivity contribution in [3.63, 3.8) is 0 Å². The second-order valence-electron chi connectivity index (χ2n) is 3.89. The molecule has 0 amide bonds. The normalized spacial score (nSPS) is 33.9. The van der Waals surface area contributed by atoms with Crippen LogP contribution in [-0.4, -0.2) is 26.2 Å². The van der Waals surface area contributed by atoms with Crippen molar-refractivity contribution in [3.8, 4) is 0 Å². The van der Waals surface area contributed by atoms with Crippen LogP contribution in [0, 0.1) is 5.92 Å². The Labute approximate surface area is 77.6 Å². The Morgan fingerprint density at radius 3 is 2.77 bits per heavy atom. The zero-order chi connectivity index (χ0) is 9.42. The molecule has 13 heavy (non-hydrogen) atoms. The van der Waals surface area contributed by atoms with Gasteiger partial charge < -0.3 is 5.11 Å². The van der Waals surface area contributed by atoms with E-state index in [9.17, 15) is 5.11 Å². The Morgan fingerprint density at radius 1 is 1.54 bits per heavy atom. The molecule has 72 valence electrons. The summed E-state index contributed by atoms with van der Waals surface area (Å²) in [5.74, 6) is 0.757. The predicted octanol–water partition coefficient (Wildman–Crippen LogP) is 0.690. The van der Waals surface area contributed by atoms with Gasteiger partial charge in [0, 0.05) is 13.0 Å². The lowest BCUT2D eigenvalue weighted by Gasteiger charge is -2.16.